The van der Waals surface area contributed by atoms with Crippen molar-refractivity contribution < 1.29 is 33.4 Å². The molecule has 16 heteroatoms. The fraction of sp³-hybridized carbons (Fsp3) is 0.508. The Morgan fingerprint density at radius 3 is 2.36 bits per heavy atom. The van der Waals surface area contributed by atoms with E-state index in [2.05, 4.69) is 70.7 Å². The number of thiophene rings is 1. The van der Waals surface area contributed by atoms with E-state index in [0.29, 0.717) is 41.3 Å². The SMILES string of the molecule is COc1cc2nc(C)nc(N[C@H](C)c3cc(-c4c(Cl)cccc4CN(C)C)cs3)c2cc1C1CCC(C(=O)N2CCC(CCOCC3CCN(c4ccc5c(c4)C(=O)N(C4CCC(=O)CC4=O)C5=O)CC3)CC2)CC1. The third kappa shape index (κ3) is 11.4. The summed E-state index contributed by atoms with van der Waals surface area (Å²) in [5, 5.41) is 7.65. The number of ketones is 2. The molecule has 14 nitrogen and oxygen atoms in total. The number of halogens is 1. The largest absolute Gasteiger partial charge is 0.496 e. The van der Waals surface area contributed by atoms with Crippen LogP contribution in [0.2, 0.25) is 5.02 Å². The number of hydrogen-bond donors (Lipinski definition) is 1. The molecule has 2 saturated carbocycles. The molecule has 0 bridgehead atoms. The zero-order chi connectivity index (χ0) is 52.5. The van der Waals surface area contributed by atoms with Gasteiger partial charge in [0.25, 0.3) is 11.8 Å². The summed E-state index contributed by atoms with van der Waals surface area (Å²) >= 11 is 8.51. The predicted molar refractivity (Wildman–Crippen MR) is 294 cm³/mol. The highest BCUT2D eigenvalue weighted by Crippen LogP contribution is 2.44. The van der Waals surface area contributed by atoms with Gasteiger partial charge in [-0.2, -0.15) is 0 Å². The number of likely N-dealkylation sites (tertiary alicyclic amines) is 1. The first-order valence-electron chi connectivity index (χ1n) is 27.0. The van der Waals surface area contributed by atoms with E-state index >= 15 is 0 Å². The third-order valence-electron chi connectivity index (χ3n) is 16.5. The van der Waals surface area contributed by atoms with Gasteiger partial charge >= 0.3 is 0 Å². The summed E-state index contributed by atoms with van der Waals surface area (Å²) in [4.78, 5) is 83.5. The summed E-state index contributed by atoms with van der Waals surface area (Å²) in [5.74, 6) is 2.52. The number of imide groups is 1. The van der Waals surface area contributed by atoms with Crippen LogP contribution in [-0.4, -0.2) is 121 Å². The molecule has 0 spiro atoms. The second-order valence-electron chi connectivity index (χ2n) is 21.9. The second-order valence-corrected chi connectivity index (χ2v) is 23.3. The van der Waals surface area contributed by atoms with Crippen molar-refractivity contribution in [3.8, 4) is 16.9 Å². The van der Waals surface area contributed by atoms with Crippen molar-refractivity contribution in [3.05, 3.63) is 98.0 Å². The molecule has 4 fully saturated rings. The number of Topliss-reactive ketones (excluding diaryl/α,β-unsaturated/α-hetero) is 2. The molecule has 1 N–H and O–H groups in total. The lowest BCUT2D eigenvalue weighted by molar-refractivity contribution is -0.138. The Balaban J connectivity index is 0.667. The molecule has 3 aliphatic heterocycles. The molecule has 2 aliphatic carbocycles. The number of aryl methyl sites for hydroxylation is 1. The van der Waals surface area contributed by atoms with Gasteiger partial charge in [0.1, 0.15) is 23.2 Å². The van der Waals surface area contributed by atoms with Crippen molar-refractivity contribution >= 4 is 74.6 Å². The van der Waals surface area contributed by atoms with E-state index in [1.165, 1.54) is 10.4 Å². The number of rotatable bonds is 16. The van der Waals surface area contributed by atoms with Gasteiger partial charge in [-0.05, 0) is 168 Å². The number of ether oxygens (including phenoxy) is 2. The molecule has 2 aromatic heterocycles. The number of anilines is 2. The van der Waals surface area contributed by atoms with Crippen molar-refractivity contribution in [1.82, 2.24) is 24.7 Å². The van der Waals surface area contributed by atoms with Gasteiger partial charge in [0, 0.05) is 90.9 Å². The molecule has 2 atom stereocenters. The molecule has 75 heavy (non-hydrogen) atoms. The quantitative estimate of drug-likeness (QED) is 0.0568. The van der Waals surface area contributed by atoms with Gasteiger partial charge in [0.15, 0.2) is 5.78 Å². The normalized spacial score (nSPS) is 21.4. The molecule has 0 radical (unpaired) electrons. The van der Waals surface area contributed by atoms with Crippen LogP contribution in [0.3, 0.4) is 0 Å². The van der Waals surface area contributed by atoms with Crippen molar-refractivity contribution in [2.45, 2.75) is 115 Å². The van der Waals surface area contributed by atoms with Crippen LogP contribution in [0, 0.1) is 24.7 Å². The van der Waals surface area contributed by atoms with E-state index in [-0.39, 0.29) is 48.7 Å². The molecule has 396 valence electrons. The van der Waals surface area contributed by atoms with Crippen LogP contribution in [0.25, 0.3) is 22.0 Å². The number of carbonyl (C=O) groups excluding carboxylic acids is 5. The molecule has 5 heterocycles. The lowest BCUT2D eigenvalue weighted by Gasteiger charge is -2.36. The van der Waals surface area contributed by atoms with Gasteiger partial charge < -0.3 is 29.5 Å². The lowest BCUT2D eigenvalue weighted by Crippen LogP contribution is -2.47. The van der Waals surface area contributed by atoms with Crippen LogP contribution < -0.4 is 15.0 Å². The standard InChI is InChI=1S/C59H70ClN7O7S/c1-35(54-27-42(34-75-54)55-41(32-64(3)4)7-6-8-49(55)60)61-56-48-30-46(53(73-5)31-50(48)62-36(2)63-56)39-9-11-40(12-10-39)57(70)66-24-17-37(18-25-66)21-26-74-33-38-19-22-65(23-20-38)43-13-15-45-47(28-43)59(72)67(58(45)71)51-16-14-44(68)29-52(51)69/h6-8,13,15,27-28,30-31,34-35,37-40,51H,9-12,14,16-26,29,32-33H2,1-5H3,(H,61,62,63)/t35-,39?,40?,51?/m1/s1. The topological polar surface area (TPSA) is 155 Å². The van der Waals surface area contributed by atoms with Crippen molar-refractivity contribution in [2.24, 2.45) is 17.8 Å². The first-order chi connectivity index (χ1) is 36.2. The van der Waals surface area contributed by atoms with Crippen LogP contribution >= 0.6 is 22.9 Å². The van der Waals surface area contributed by atoms with Crippen LogP contribution in [0.1, 0.15) is 138 Å². The highest BCUT2D eigenvalue weighted by atomic mass is 35.5. The van der Waals surface area contributed by atoms with E-state index in [1.807, 2.05) is 25.1 Å². The Bertz CT molecular complexity index is 2970. The van der Waals surface area contributed by atoms with Crippen LogP contribution in [0.5, 0.6) is 5.75 Å². The maximum atomic E-state index is 14.0. The van der Waals surface area contributed by atoms with Crippen LogP contribution in [0.4, 0.5) is 11.5 Å². The molecule has 10 rings (SSSR count). The van der Waals surface area contributed by atoms with Gasteiger partial charge in [-0.3, -0.25) is 28.9 Å². The van der Waals surface area contributed by atoms with Crippen LogP contribution in [0.15, 0.2) is 60.0 Å². The fourth-order valence-electron chi connectivity index (χ4n) is 12.3. The Morgan fingerprint density at radius 2 is 1.63 bits per heavy atom. The smallest absolute Gasteiger partial charge is 0.262 e. The van der Waals surface area contributed by atoms with E-state index in [4.69, 9.17) is 31.0 Å². The van der Waals surface area contributed by atoms with E-state index in [0.717, 1.165) is 152 Å². The number of amides is 3. The van der Waals surface area contributed by atoms with Gasteiger partial charge in [0.2, 0.25) is 5.91 Å². The molecular formula is C59H70ClN7O7S. The van der Waals surface area contributed by atoms with Gasteiger partial charge in [-0.1, -0.05) is 23.7 Å². The van der Waals surface area contributed by atoms with Crippen LogP contribution in [-0.2, 0) is 25.7 Å². The average Bonchev–Trinajstić information content (AvgIpc) is 3.99. The highest BCUT2D eigenvalue weighted by Gasteiger charge is 2.45. The van der Waals surface area contributed by atoms with Crippen molar-refractivity contribution in [3.63, 3.8) is 0 Å². The number of methoxy groups -OCH3 is 1. The number of benzene rings is 3. The number of nitrogens with one attached hydrogen (secondary N) is 1. The highest BCUT2D eigenvalue weighted by molar-refractivity contribution is 7.10. The van der Waals surface area contributed by atoms with Gasteiger partial charge in [-0.25, -0.2) is 9.97 Å². The predicted octanol–water partition coefficient (Wildman–Crippen LogP) is 10.7. The molecule has 3 amide bonds. The lowest BCUT2D eigenvalue weighted by atomic mass is 9.77. The summed E-state index contributed by atoms with van der Waals surface area (Å²) in [7, 11) is 5.87. The number of piperidine rings is 2. The summed E-state index contributed by atoms with van der Waals surface area (Å²) in [6.07, 6.45) is 8.66. The number of carbonyl (C=O) groups is 5. The van der Waals surface area contributed by atoms with E-state index < -0.39 is 17.9 Å². The maximum Gasteiger partial charge on any atom is 0.262 e. The number of nitrogens with zero attached hydrogens (tertiary/aromatic N) is 6. The molecular weight excluding hydrogens is 986 g/mol. The molecule has 5 aromatic rings. The Labute approximate surface area is 449 Å². The Kier molecular flexibility index (Phi) is 16.1. The summed E-state index contributed by atoms with van der Waals surface area (Å²) < 4.78 is 12.3. The minimum atomic E-state index is -0.865. The maximum absolute atomic E-state index is 14.0. The van der Waals surface area contributed by atoms with Gasteiger partial charge in [0.05, 0.1) is 42.3 Å². The van der Waals surface area contributed by atoms with E-state index in [1.54, 1.807) is 30.6 Å². The second kappa shape index (κ2) is 22.8. The molecule has 2 saturated heterocycles. The average molecular weight is 1060 g/mol. The fourth-order valence-corrected chi connectivity index (χ4v) is 13.5. The van der Waals surface area contributed by atoms with Crippen molar-refractivity contribution in [2.75, 3.05) is 70.8 Å². The number of hydrogen-bond acceptors (Lipinski definition) is 13. The van der Waals surface area contributed by atoms with E-state index in [9.17, 15) is 24.0 Å². The number of aromatic nitrogens is 2. The summed E-state index contributed by atoms with van der Waals surface area (Å²) in [6.45, 7) is 9.58. The van der Waals surface area contributed by atoms with Gasteiger partial charge in [-0.15, -0.1) is 11.3 Å². The third-order valence-corrected chi connectivity index (χ3v) is 18.0. The molecule has 5 aliphatic rings. The monoisotopic (exact) mass is 1060 g/mol. The minimum Gasteiger partial charge on any atom is -0.496 e. The van der Waals surface area contributed by atoms with Crippen molar-refractivity contribution in [1.29, 1.82) is 0 Å². The number of fused-ring (bicyclic) bond motifs is 2. The Morgan fingerprint density at radius 1 is 0.880 bits per heavy atom. The zero-order valence-corrected chi connectivity index (χ0v) is 45.6. The first kappa shape index (κ1) is 52.7. The zero-order valence-electron chi connectivity index (χ0n) is 44.0. The minimum absolute atomic E-state index is 0.0173. The molecule has 3 aromatic carbocycles. The first-order valence-corrected chi connectivity index (χ1v) is 28.3. The Hall–Kier alpha value is -5.74. The molecule has 1 unspecified atom stereocenters. The summed E-state index contributed by atoms with van der Waals surface area (Å²) in [6, 6.07) is 17.1. The summed E-state index contributed by atoms with van der Waals surface area (Å²) in [5.41, 5.74) is 6.93.